The van der Waals surface area contributed by atoms with Gasteiger partial charge in [0, 0.05) is 25.3 Å². The molecule has 2 N–H and O–H groups in total. The van der Waals surface area contributed by atoms with E-state index in [9.17, 15) is 9.59 Å². The summed E-state index contributed by atoms with van der Waals surface area (Å²) in [5, 5.41) is 5.67. The van der Waals surface area contributed by atoms with Crippen LogP contribution in [0, 0.1) is 6.92 Å². The van der Waals surface area contributed by atoms with E-state index in [1.54, 1.807) is 6.92 Å². The Labute approximate surface area is 153 Å². The number of rotatable bonds is 5. The van der Waals surface area contributed by atoms with Gasteiger partial charge in [0.05, 0.1) is 31.4 Å². The number of amides is 2. The van der Waals surface area contributed by atoms with Crippen LogP contribution >= 0.6 is 0 Å². The Morgan fingerprint density at radius 1 is 1.27 bits per heavy atom. The molecule has 1 saturated heterocycles. The standard InChI is InChI=1S/C19H25N3O4/c1-3-26-18(23)16-15(12-22-8-10-25-11-9-22)20-19(24)21-17(16)14-6-4-13(2)5-7-14/h4-7,17H,3,8-12H2,1-2H3,(H2,20,21,24)/t17-/m1/s1. The predicted molar refractivity (Wildman–Crippen MR) is 96.5 cm³/mol. The predicted octanol–water partition coefficient (Wildman–Crippen LogP) is 1.50. The molecular formula is C19H25N3O4. The second kappa shape index (κ2) is 8.33. The van der Waals surface area contributed by atoms with Crippen LogP contribution in [0.4, 0.5) is 4.79 Å². The maximum absolute atomic E-state index is 12.7. The summed E-state index contributed by atoms with van der Waals surface area (Å²) in [5.74, 6) is -0.408. The quantitative estimate of drug-likeness (QED) is 0.779. The Morgan fingerprint density at radius 3 is 2.62 bits per heavy atom. The number of morpholine rings is 1. The summed E-state index contributed by atoms with van der Waals surface area (Å²) in [6.45, 7) is 7.35. The summed E-state index contributed by atoms with van der Waals surface area (Å²) >= 11 is 0. The summed E-state index contributed by atoms with van der Waals surface area (Å²) in [6, 6.07) is 6.95. The van der Waals surface area contributed by atoms with E-state index in [4.69, 9.17) is 9.47 Å². The molecule has 1 atom stereocenters. The van der Waals surface area contributed by atoms with Crippen molar-refractivity contribution < 1.29 is 19.1 Å². The second-order valence-corrected chi connectivity index (χ2v) is 6.44. The topological polar surface area (TPSA) is 79.9 Å². The van der Waals surface area contributed by atoms with Crippen LogP contribution in [0.5, 0.6) is 0 Å². The van der Waals surface area contributed by atoms with Gasteiger partial charge in [0.2, 0.25) is 0 Å². The largest absolute Gasteiger partial charge is 0.463 e. The van der Waals surface area contributed by atoms with Crippen LogP contribution in [0.3, 0.4) is 0 Å². The normalized spacial score (nSPS) is 21.2. The third kappa shape index (κ3) is 4.23. The number of nitrogens with one attached hydrogen (secondary N) is 2. The van der Waals surface area contributed by atoms with Crippen molar-refractivity contribution in [3.05, 3.63) is 46.7 Å². The van der Waals surface area contributed by atoms with Gasteiger partial charge >= 0.3 is 12.0 Å². The van der Waals surface area contributed by atoms with Crippen LogP contribution in [-0.2, 0) is 14.3 Å². The monoisotopic (exact) mass is 359 g/mol. The van der Waals surface area contributed by atoms with Crippen LogP contribution in [0.2, 0.25) is 0 Å². The molecule has 7 nitrogen and oxygen atoms in total. The first kappa shape index (κ1) is 18.4. The van der Waals surface area contributed by atoms with E-state index >= 15 is 0 Å². The van der Waals surface area contributed by atoms with Gasteiger partial charge in [-0.2, -0.15) is 0 Å². The average molecular weight is 359 g/mol. The summed E-state index contributed by atoms with van der Waals surface area (Å²) in [5.41, 5.74) is 3.03. The Hall–Kier alpha value is -2.38. The fourth-order valence-corrected chi connectivity index (χ4v) is 3.18. The number of nitrogens with zero attached hydrogens (tertiary/aromatic N) is 1. The maximum Gasteiger partial charge on any atom is 0.338 e. The van der Waals surface area contributed by atoms with Gasteiger partial charge in [-0.3, -0.25) is 4.90 Å². The van der Waals surface area contributed by atoms with Crippen molar-refractivity contribution in [1.29, 1.82) is 0 Å². The smallest absolute Gasteiger partial charge is 0.338 e. The molecule has 1 aromatic carbocycles. The van der Waals surface area contributed by atoms with Gasteiger partial charge < -0.3 is 20.1 Å². The average Bonchev–Trinajstić information content (AvgIpc) is 2.63. The zero-order valence-electron chi connectivity index (χ0n) is 15.2. The van der Waals surface area contributed by atoms with Crippen molar-refractivity contribution in [2.24, 2.45) is 0 Å². The zero-order chi connectivity index (χ0) is 18.5. The lowest BCUT2D eigenvalue weighted by Gasteiger charge is -2.33. The van der Waals surface area contributed by atoms with Crippen molar-refractivity contribution in [2.45, 2.75) is 19.9 Å². The van der Waals surface area contributed by atoms with Gasteiger partial charge in [-0.25, -0.2) is 9.59 Å². The molecule has 0 aromatic heterocycles. The van der Waals surface area contributed by atoms with Crippen molar-refractivity contribution in [1.82, 2.24) is 15.5 Å². The minimum Gasteiger partial charge on any atom is -0.463 e. The number of hydrogen-bond acceptors (Lipinski definition) is 5. The number of urea groups is 1. The Kier molecular flexibility index (Phi) is 5.90. The fraction of sp³-hybridized carbons (Fsp3) is 0.474. The molecule has 2 heterocycles. The van der Waals surface area contributed by atoms with E-state index in [1.807, 2.05) is 31.2 Å². The van der Waals surface area contributed by atoms with Gasteiger partial charge in [0.25, 0.3) is 0 Å². The van der Waals surface area contributed by atoms with Crippen LogP contribution in [-0.4, -0.2) is 56.4 Å². The molecule has 7 heteroatoms. The number of ether oxygens (including phenoxy) is 2. The van der Waals surface area contributed by atoms with Crippen LogP contribution in [0.15, 0.2) is 35.5 Å². The van der Waals surface area contributed by atoms with Crippen molar-refractivity contribution >= 4 is 12.0 Å². The fourth-order valence-electron chi connectivity index (χ4n) is 3.18. The molecule has 0 bridgehead atoms. The third-order valence-corrected chi connectivity index (χ3v) is 4.55. The molecule has 2 aliphatic rings. The lowest BCUT2D eigenvalue weighted by Crippen LogP contribution is -2.49. The summed E-state index contributed by atoms with van der Waals surface area (Å²) in [6.07, 6.45) is 0. The van der Waals surface area contributed by atoms with E-state index in [-0.39, 0.29) is 12.6 Å². The van der Waals surface area contributed by atoms with E-state index < -0.39 is 12.0 Å². The Morgan fingerprint density at radius 2 is 1.96 bits per heavy atom. The first-order chi connectivity index (χ1) is 12.6. The molecule has 140 valence electrons. The van der Waals surface area contributed by atoms with Crippen molar-refractivity contribution in [3.8, 4) is 0 Å². The van der Waals surface area contributed by atoms with Crippen molar-refractivity contribution in [3.63, 3.8) is 0 Å². The highest BCUT2D eigenvalue weighted by atomic mass is 16.5. The number of carbonyl (C=O) groups is 2. The molecular weight excluding hydrogens is 334 g/mol. The molecule has 3 rings (SSSR count). The molecule has 0 aliphatic carbocycles. The highest BCUT2D eigenvalue weighted by Crippen LogP contribution is 2.28. The van der Waals surface area contributed by atoms with E-state index in [2.05, 4.69) is 15.5 Å². The summed E-state index contributed by atoms with van der Waals surface area (Å²) < 4.78 is 10.7. The van der Waals surface area contributed by atoms with Crippen LogP contribution < -0.4 is 10.6 Å². The Bertz CT molecular complexity index is 693. The second-order valence-electron chi connectivity index (χ2n) is 6.44. The number of esters is 1. The minimum absolute atomic E-state index is 0.279. The van der Waals surface area contributed by atoms with Gasteiger partial charge in [-0.05, 0) is 19.4 Å². The maximum atomic E-state index is 12.7. The highest BCUT2D eigenvalue weighted by Gasteiger charge is 2.34. The lowest BCUT2D eigenvalue weighted by molar-refractivity contribution is -0.139. The lowest BCUT2D eigenvalue weighted by atomic mass is 9.94. The zero-order valence-corrected chi connectivity index (χ0v) is 15.2. The van der Waals surface area contributed by atoms with Crippen LogP contribution in [0.25, 0.3) is 0 Å². The van der Waals surface area contributed by atoms with E-state index in [1.165, 1.54) is 0 Å². The van der Waals surface area contributed by atoms with Gasteiger partial charge in [-0.15, -0.1) is 0 Å². The minimum atomic E-state index is -0.528. The van der Waals surface area contributed by atoms with Crippen LogP contribution in [0.1, 0.15) is 24.1 Å². The SMILES string of the molecule is CCOC(=O)C1=C(CN2CCOCC2)NC(=O)N[C@@H]1c1ccc(C)cc1. The number of hydrogen-bond donors (Lipinski definition) is 2. The molecule has 0 spiro atoms. The number of benzene rings is 1. The van der Waals surface area contributed by atoms with Gasteiger partial charge in [-0.1, -0.05) is 29.8 Å². The number of aryl methyl sites for hydroxylation is 1. The molecule has 0 saturated carbocycles. The van der Waals surface area contributed by atoms with E-state index in [0.717, 1.165) is 24.2 Å². The number of carbonyl (C=O) groups excluding carboxylic acids is 2. The molecule has 1 aromatic rings. The molecule has 1 fully saturated rings. The molecule has 0 unspecified atom stereocenters. The molecule has 2 aliphatic heterocycles. The van der Waals surface area contributed by atoms with E-state index in [0.29, 0.717) is 31.0 Å². The first-order valence-corrected chi connectivity index (χ1v) is 8.93. The van der Waals surface area contributed by atoms with Gasteiger partial charge in [0.15, 0.2) is 0 Å². The molecule has 2 amide bonds. The molecule has 0 radical (unpaired) electrons. The molecule has 26 heavy (non-hydrogen) atoms. The highest BCUT2D eigenvalue weighted by molar-refractivity contribution is 5.95. The third-order valence-electron chi connectivity index (χ3n) is 4.55. The van der Waals surface area contributed by atoms with Crippen molar-refractivity contribution in [2.75, 3.05) is 39.5 Å². The Balaban J connectivity index is 1.96. The van der Waals surface area contributed by atoms with Gasteiger partial charge in [0.1, 0.15) is 0 Å². The summed E-state index contributed by atoms with van der Waals surface area (Å²) in [7, 11) is 0. The first-order valence-electron chi connectivity index (χ1n) is 8.93. The summed E-state index contributed by atoms with van der Waals surface area (Å²) in [4.78, 5) is 27.1.